The molecule has 3 rings (SSSR count). The number of allylic oxidation sites excluding steroid dienone is 1. The van der Waals surface area contributed by atoms with Crippen LogP contribution in [-0.2, 0) is 11.3 Å². The second kappa shape index (κ2) is 11.2. The van der Waals surface area contributed by atoms with Gasteiger partial charge in [0.15, 0.2) is 0 Å². The lowest BCUT2D eigenvalue weighted by molar-refractivity contribution is 0.117. The van der Waals surface area contributed by atoms with Crippen LogP contribution in [0.5, 0.6) is 0 Å². The van der Waals surface area contributed by atoms with Crippen molar-refractivity contribution in [2.75, 3.05) is 6.61 Å². The normalized spacial score (nSPS) is 19.9. The molecule has 1 fully saturated rings. The highest BCUT2D eigenvalue weighted by molar-refractivity contribution is 5.49. The maximum atomic E-state index is 5.79. The van der Waals surface area contributed by atoms with E-state index < -0.39 is 0 Å². The van der Waals surface area contributed by atoms with E-state index in [1.807, 2.05) is 0 Å². The van der Waals surface area contributed by atoms with E-state index in [0.29, 0.717) is 0 Å². The molecule has 0 N–H and O–H groups in total. The monoisotopic (exact) mass is 376 g/mol. The van der Waals surface area contributed by atoms with Crippen molar-refractivity contribution in [2.45, 2.75) is 77.2 Å². The third kappa shape index (κ3) is 6.07. The number of ether oxygens (including phenoxy) is 1. The molecule has 0 aromatic heterocycles. The lowest BCUT2D eigenvalue weighted by Crippen LogP contribution is -2.12. The Hall–Kier alpha value is -1.86. The third-order valence-electron chi connectivity index (χ3n) is 6.11. The Kier molecular flexibility index (Phi) is 8.36. The van der Waals surface area contributed by atoms with Gasteiger partial charge in [0.05, 0.1) is 6.61 Å². The number of benzene rings is 2. The molecule has 1 aliphatic rings. The molecule has 2 aromatic carbocycles. The predicted molar refractivity (Wildman–Crippen MR) is 121 cm³/mol. The number of rotatable bonds is 9. The molecule has 0 radical (unpaired) electrons. The van der Waals surface area contributed by atoms with Crippen molar-refractivity contribution in [3.63, 3.8) is 0 Å². The fourth-order valence-electron chi connectivity index (χ4n) is 4.36. The van der Waals surface area contributed by atoms with Gasteiger partial charge < -0.3 is 4.74 Å². The van der Waals surface area contributed by atoms with E-state index in [0.717, 1.165) is 25.0 Å². The molecule has 1 heteroatoms. The van der Waals surface area contributed by atoms with E-state index in [1.165, 1.54) is 67.2 Å². The maximum absolute atomic E-state index is 5.79. The first kappa shape index (κ1) is 20.9. The molecule has 150 valence electrons. The summed E-state index contributed by atoms with van der Waals surface area (Å²) in [5, 5.41) is 0. The van der Waals surface area contributed by atoms with Gasteiger partial charge in [0.25, 0.3) is 0 Å². The highest BCUT2D eigenvalue weighted by Gasteiger charge is 2.23. The Morgan fingerprint density at radius 1 is 0.821 bits per heavy atom. The van der Waals surface area contributed by atoms with Gasteiger partial charge in [-0.1, -0.05) is 80.4 Å². The molecule has 1 aliphatic carbocycles. The fraction of sp³-hybridized carbons (Fsp3) is 0.481. The Bertz CT molecular complexity index is 703. The van der Waals surface area contributed by atoms with Gasteiger partial charge in [-0.3, -0.25) is 0 Å². The van der Waals surface area contributed by atoms with Crippen molar-refractivity contribution in [2.24, 2.45) is 0 Å². The summed E-state index contributed by atoms with van der Waals surface area (Å²) in [5.74, 6) is 1.45. The van der Waals surface area contributed by atoms with Gasteiger partial charge in [-0.25, -0.2) is 0 Å². The van der Waals surface area contributed by atoms with E-state index in [4.69, 9.17) is 4.74 Å². The number of hydrogen-bond acceptors (Lipinski definition) is 1. The number of hydrogen-bond donors (Lipinski definition) is 0. The summed E-state index contributed by atoms with van der Waals surface area (Å²) in [6, 6.07) is 18.4. The minimum absolute atomic E-state index is 0.720. The van der Waals surface area contributed by atoms with Gasteiger partial charge in [0.1, 0.15) is 0 Å². The smallest absolute Gasteiger partial charge is 0.0716 e. The highest BCUT2D eigenvalue weighted by Crippen LogP contribution is 2.40. The summed E-state index contributed by atoms with van der Waals surface area (Å²) < 4.78 is 5.79. The van der Waals surface area contributed by atoms with Crippen LogP contribution >= 0.6 is 0 Å². The molecular weight excluding hydrogens is 340 g/mol. The Morgan fingerprint density at radius 3 is 1.93 bits per heavy atom. The Balaban J connectivity index is 1.46. The molecule has 0 bridgehead atoms. The van der Waals surface area contributed by atoms with Gasteiger partial charge in [0, 0.05) is 6.61 Å². The van der Waals surface area contributed by atoms with E-state index in [1.54, 1.807) is 0 Å². The van der Waals surface area contributed by atoms with Crippen LogP contribution in [0.2, 0.25) is 0 Å². The van der Waals surface area contributed by atoms with Gasteiger partial charge in [-0.15, -0.1) is 0 Å². The standard InChI is InChI=1S/C27H36O/c1-3-5-6-20-28-21-23-10-14-25(15-11-23)27-18-16-26(17-19-27)24-12-8-22(7-4-2)9-13-24/h4,7-15,26-27H,3,5-6,16-21H2,1-2H3/b7-4-. The summed E-state index contributed by atoms with van der Waals surface area (Å²) in [4.78, 5) is 0. The van der Waals surface area contributed by atoms with Crippen LogP contribution in [0, 0.1) is 0 Å². The summed E-state index contributed by atoms with van der Waals surface area (Å²) in [5.41, 5.74) is 5.63. The van der Waals surface area contributed by atoms with Gasteiger partial charge in [-0.05, 0) is 73.1 Å². The Labute approximate surface area is 171 Å². The summed E-state index contributed by atoms with van der Waals surface area (Å²) in [6.07, 6.45) is 13.2. The zero-order chi connectivity index (χ0) is 19.6. The van der Waals surface area contributed by atoms with Crippen molar-refractivity contribution in [3.05, 3.63) is 76.9 Å². The predicted octanol–water partition coefficient (Wildman–Crippen LogP) is 7.87. The average molecular weight is 377 g/mol. The summed E-state index contributed by atoms with van der Waals surface area (Å²) >= 11 is 0. The minimum atomic E-state index is 0.720. The van der Waals surface area contributed by atoms with Crippen LogP contribution in [0.1, 0.15) is 92.9 Å². The molecule has 0 unspecified atom stereocenters. The maximum Gasteiger partial charge on any atom is 0.0716 e. The second-order valence-corrected chi connectivity index (χ2v) is 8.22. The van der Waals surface area contributed by atoms with E-state index >= 15 is 0 Å². The van der Waals surface area contributed by atoms with Gasteiger partial charge >= 0.3 is 0 Å². The first-order valence-electron chi connectivity index (χ1n) is 11.2. The minimum Gasteiger partial charge on any atom is -0.377 e. The van der Waals surface area contributed by atoms with Gasteiger partial charge in [0.2, 0.25) is 0 Å². The topological polar surface area (TPSA) is 9.23 Å². The van der Waals surface area contributed by atoms with E-state index in [9.17, 15) is 0 Å². The van der Waals surface area contributed by atoms with Gasteiger partial charge in [-0.2, -0.15) is 0 Å². The second-order valence-electron chi connectivity index (χ2n) is 8.22. The lowest BCUT2D eigenvalue weighted by Gasteiger charge is -2.29. The first-order valence-corrected chi connectivity index (χ1v) is 11.2. The fourth-order valence-corrected chi connectivity index (χ4v) is 4.36. The van der Waals surface area contributed by atoms with Crippen LogP contribution in [-0.4, -0.2) is 6.61 Å². The van der Waals surface area contributed by atoms with Crippen LogP contribution in [0.15, 0.2) is 54.6 Å². The Morgan fingerprint density at radius 2 is 1.39 bits per heavy atom. The summed E-state index contributed by atoms with van der Waals surface area (Å²) in [6.45, 7) is 5.94. The largest absolute Gasteiger partial charge is 0.377 e. The zero-order valence-electron chi connectivity index (χ0n) is 17.7. The van der Waals surface area contributed by atoms with Crippen molar-refractivity contribution >= 4 is 6.08 Å². The van der Waals surface area contributed by atoms with E-state index in [2.05, 4.69) is 74.5 Å². The highest BCUT2D eigenvalue weighted by atomic mass is 16.5. The molecule has 0 saturated heterocycles. The molecule has 1 saturated carbocycles. The number of unbranched alkanes of at least 4 members (excludes halogenated alkanes) is 2. The zero-order valence-corrected chi connectivity index (χ0v) is 17.7. The van der Waals surface area contributed by atoms with Crippen LogP contribution in [0.3, 0.4) is 0 Å². The summed E-state index contributed by atoms with van der Waals surface area (Å²) in [7, 11) is 0. The molecule has 0 heterocycles. The van der Waals surface area contributed by atoms with Crippen LogP contribution in [0.4, 0.5) is 0 Å². The molecule has 0 atom stereocenters. The third-order valence-corrected chi connectivity index (χ3v) is 6.11. The lowest BCUT2D eigenvalue weighted by atomic mass is 9.76. The molecule has 0 amide bonds. The molecule has 0 aliphatic heterocycles. The van der Waals surface area contributed by atoms with E-state index in [-0.39, 0.29) is 0 Å². The SMILES string of the molecule is C/C=C\c1ccc(C2CCC(c3ccc(COCCCCC)cc3)CC2)cc1. The molecule has 28 heavy (non-hydrogen) atoms. The van der Waals surface area contributed by atoms with Crippen molar-refractivity contribution in [3.8, 4) is 0 Å². The van der Waals surface area contributed by atoms with Crippen molar-refractivity contribution in [1.82, 2.24) is 0 Å². The molecule has 0 spiro atoms. The van der Waals surface area contributed by atoms with Crippen molar-refractivity contribution in [1.29, 1.82) is 0 Å². The molecular formula is C27H36O. The first-order chi connectivity index (χ1) is 13.8. The van der Waals surface area contributed by atoms with Crippen LogP contribution < -0.4 is 0 Å². The van der Waals surface area contributed by atoms with Crippen LogP contribution in [0.25, 0.3) is 6.08 Å². The van der Waals surface area contributed by atoms with Crippen molar-refractivity contribution < 1.29 is 4.74 Å². The molecule has 1 nitrogen and oxygen atoms in total. The average Bonchev–Trinajstić information content (AvgIpc) is 2.75. The quantitative estimate of drug-likeness (QED) is 0.405. The molecule has 2 aromatic rings.